The lowest BCUT2D eigenvalue weighted by atomic mass is 10.1. The Morgan fingerprint density at radius 1 is 1.04 bits per heavy atom. The number of benzene rings is 3. The van der Waals surface area contributed by atoms with Crippen LogP contribution in [0.4, 0.5) is 10.1 Å². The summed E-state index contributed by atoms with van der Waals surface area (Å²) in [6.45, 7) is 0.162. The molecule has 1 aliphatic heterocycles. The molecule has 3 aromatic carbocycles. The van der Waals surface area contributed by atoms with E-state index in [2.05, 4.69) is 15.9 Å². The van der Waals surface area contributed by atoms with Crippen molar-refractivity contribution in [3.8, 4) is 0 Å². The lowest BCUT2D eigenvalue weighted by Gasteiger charge is -2.19. The van der Waals surface area contributed by atoms with Crippen molar-refractivity contribution in [2.75, 3.05) is 4.31 Å². The summed E-state index contributed by atoms with van der Waals surface area (Å²) < 4.78 is 40.8. The Balaban J connectivity index is 1.87. The van der Waals surface area contributed by atoms with Gasteiger partial charge in [0.2, 0.25) is 0 Å². The van der Waals surface area contributed by atoms with E-state index in [4.69, 9.17) is 0 Å². The summed E-state index contributed by atoms with van der Waals surface area (Å²) in [4.78, 5) is 0.326. The topological polar surface area (TPSA) is 37.4 Å². The van der Waals surface area contributed by atoms with Crippen LogP contribution in [-0.4, -0.2) is 8.42 Å². The number of sulfonamides is 1. The van der Waals surface area contributed by atoms with Gasteiger partial charge in [-0.15, -0.1) is 0 Å². The fraction of sp³-hybridized carbons (Fsp3) is 0.0588. The Hall–Kier alpha value is -1.92. The molecule has 6 heteroatoms. The molecular formula is C17H11BrFNO2S. The van der Waals surface area contributed by atoms with Crippen molar-refractivity contribution in [2.24, 2.45) is 0 Å². The first-order valence-corrected chi connectivity index (χ1v) is 9.20. The molecule has 0 aliphatic carbocycles. The van der Waals surface area contributed by atoms with Gasteiger partial charge < -0.3 is 0 Å². The number of halogens is 2. The fourth-order valence-corrected chi connectivity index (χ4v) is 5.06. The van der Waals surface area contributed by atoms with Gasteiger partial charge in [0.25, 0.3) is 10.0 Å². The largest absolute Gasteiger partial charge is 0.265 e. The van der Waals surface area contributed by atoms with Crippen LogP contribution in [0.1, 0.15) is 5.56 Å². The molecule has 0 atom stereocenters. The van der Waals surface area contributed by atoms with Gasteiger partial charge in [0.05, 0.1) is 21.6 Å². The standard InChI is InChI=1S/C17H11BrFNO2S/c18-13-9-11(7-8-14(13)19)10-20-15-5-1-3-12-4-2-6-16(17(12)15)23(20,21)22/h1-9H,10H2. The van der Waals surface area contributed by atoms with Crippen molar-refractivity contribution in [3.63, 3.8) is 0 Å². The van der Waals surface area contributed by atoms with Crippen molar-refractivity contribution < 1.29 is 12.8 Å². The van der Waals surface area contributed by atoms with Gasteiger partial charge in [0.1, 0.15) is 5.82 Å². The third kappa shape index (κ3) is 2.16. The highest BCUT2D eigenvalue weighted by Crippen LogP contribution is 2.42. The second kappa shape index (κ2) is 5.04. The van der Waals surface area contributed by atoms with Gasteiger partial charge in [-0.05, 0) is 51.1 Å². The average Bonchev–Trinajstić information content (AvgIpc) is 2.75. The van der Waals surface area contributed by atoms with Crippen LogP contribution in [0.25, 0.3) is 10.8 Å². The molecule has 0 bridgehead atoms. The molecule has 0 N–H and O–H groups in total. The molecular weight excluding hydrogens is 381 g/mol. The van der Waals surface area contributed by atoms with Crippen LogP contribution in [0, 0.1) is 5.82 Å². The monoisotopic (exact) mass is 391 g/mol. The Morgan fingerprint density at radius 2 is 1.78 bits per heavy atom. The predicted molar refractivity (Wildman–Crippen MR) is 91.4 cm³/mol. The molecule has 3 nitrogen and oxygen atoms in total. The lowest BCUT2D eigenvalue weighted by molar-refractivity contribution is 0.593. The SMILES string of the molecule is O=S1(=O)c2cccc3cccc(c23)N1Cc1ccc(F)c(Br)c1. The van der Waals surface area contributed by atoms with Crippen molar-refractivity contribution in [3.05, 3.63) is 70.5 Å². The van der Waals surface area contributed by atoms with Gasteiger partial charge in [-0.1, -0.05) is 30.3 Å². The van der Waals surface area contributed by atoms with Crippen LogP contribution in [0.2, 0.25) is 0 Å². The van der Waals surface area contributed by atoms with Crippen molar-refractivity contribution in [1.82, 2.24) is 0 Å². The van der Waals surface area contributed by atoms with E-state index in [-0.39, 0.29) is 12.4 Å². The zero-order chi connectivity index (χ0) is 16.2. The quantitative estimate of drug-likeness (QED) is 0.646. The van der Waals surface area contributed by atoms with Crippen LogP contribution < -0.4 is 4.31 Å². The van der Waals surface area contributed by atoms with Crippen molar-refractivity contribution in [2.45, 2.75) is 11.4 Å². The molecule has 0 radical (unpaired) electrons. The second-order valence-electron chi connectivity index (χ2n) is 5.39. The Bertz CT molecular complexity index is 1040. The molecule has 0 fully saturated rings. The molecule has 0 saturated carbocycles. The molecule has 0 amide bonds. The van der Waals surface area contributed by atoms with Gasteiger partial charge in [-0.2, -0.15) is 0 Å². The Morgan fingerprint density at radius 3 is 2.52 bits per heavy atom. The number of nitrogens with zero attached hydrogens (tertiary/aromatic N) is 1. The van der Waals surface area contributed by atoms with E-state index < -0.39 is 10.0 Å². The maximum Gasteiger partial charge on any atom is 0.265 e. The van der Waals surface area contributed by atoms with Gasteiger partial charge in [-0.25, -0.2) is 12.8 Å². The highest BCUT2D eigenvalue weighted by atomic mass is 79.9. The van der Waals surface area contributed by atoms with E-state index >= 15 is 0 Å². The van der Waals surface area contributed by atoms with Crippen LogP contribution >= 0.6 is 15.9 Å². The molecule has 0 spiro atoms. The van der Waals surface area contributed by atoms with Gasteiger partial charge >= 0.3 is 0 Å². The number of hydrogen-bond acceptors (Lipinski definition) is 2. The van der Waals surface area contributed by atoms with Crippen LogP contribution in [0.15, 0.2) is 64.0 Å². The summed E-state index contributed by atoms with van der Waals surface area (Å²) in [6, 6.07) is 15.3. The molecule has 0 saturated heterocycles. The normalized spacial score (nSPS) is 15.3. The minimum Gasteiger partial charge on any atom is -0.261 e. The Labute approximate surface area is 141 Å². The first kappa shape index (κ1) is 14.7. The second-order valence-corrected chi connectivity index (χ2v) is 8.08. The minimum atomic E-state index is -3.60. The van der Waals surface area contributed by atoms with E-state index in [1.165, 1.54) is 10.4 Å². The summed E-state index contributed by atoms with van der Waals surface area (Å²) in [5.74, 6) is -0.372. The fourth-order valence-electron chi connectivity index (χ4n) is 2.93. The number of hydrogen-bond donors (Lipinski definition) is 0. The lowest BCUT2D eigenvalue weighted by Crippen LogP contribution is -2.26. The van der Waals surface area contributed by atoms with Gasteiger partial charge in [0, 0.05) is 5.39 Å². The van der Waals surface area contributed by atoms with E-state index in [9.17, 15) is 12.8 Å². The summed E-state index contributed by atoms with van der Waals surface area (Å²) in [7, 11) is -3.60. The molecule has 4 rings (SSSR count). The zero-order valence-corrected chi connectivity index (χ0v) is 14.2. The molecule has 3 aromatic rings. The number of anilines is 1. The summed E-state index contributed by atoms with van der Waals surface area (Å²) in [5, 5.41) is 1.64. The summed E-state index contributed by atoms with van der Waals surface area (Å²) in [5.41, 5.74) is 1.38. The summed E-state index contributed by atoms with van der Waals surface area (Å²) in [6.07, 6.45) is 0. The van der Waals surface area contributed by atoms with E-state index in [0.29, 0.717) is 20.6 Å². The minimum absolute atomic E-state index is 0.162. The van der Waals surface area contributed by atoms with Crippen LogP contribution in [0.3, 0.4) is 0 Å². The number of rotatable bonds is 2. The average molecular weight is 392 g/mol. The zero-order valence-electron chi connectivity index (χ0n) is 11.8. The molecule has 116 valence electrons. The summed E-state index contributed by atoms with van der Waals surface area (Å²) >= 11 is 3.14. The van der Waals surface area contributed by atoms with Crippen LogP contribution in [-0.2, 0) is 16.6 Å². The van der Waals surface area contributed by atoms with Crippen molar-refractivity contribution >= 4 is 42.4 Å². The smallest absolute Gasteiger partial charge is 0.261 e. The van der Waals surface area contributed by atoms with E-state index in [0.717, 1.165) is 10.8 Å². The maximum atomic E-state index is 13.4. The van der Waals surface area contributed by atoms with Crippen LogP contribution in [0.5, 0.6) is 0 Å². The first-order chi connectivity index (χ1) is 11.0. The third-order valence-corrected chi connectivity index (χ3v) is 6.40. The third-order valence-electron chi connectivity index (χ3n) is 3.99. The Kier molecular flexibility index (Phi) is 3.21. The van der Waals surface area contributed by atoms with E-state index in [1.54, 1.807) is 30.3 Å². The molecule has 1 aliphatic rings. The van der Waals surface area contributed by atoms with Crippen molar-refractivity contribution in [1.29, 1.82) is 0 Å². The molecule has 1 heterocycles. The molecule has 0 aromatic heterocycles. The van der Waals surface area contributed by atoms with Gasteiger partial charge in [-0.3, -0.25) is 4.31 Å². The maximum absolute atomic E-state index is 13.4. The highest BCUT2D eigenvalue weighted by Gasteiger charge is 2.35. The molecule has 0 unspecified atom stereocenters. The molecule has 23 heavy (non-hydrogen) atoms. The van der Waals surface area contributed by atoms with E-state index in [1.807, 2.05) is 18.2 Å². The first-order valence-electron chi connectivity index (χ1n) is 6.97. The highest BCUT2D eigenvalue weighted by molar-refractivity contribution is 9.10. The predicted octanol–water partition coefficient (Wildman–Crippen LogP) is 4.45. The van der Waals surface area contributed by atoms with Gasteiger partial charge in [0.15, 0.2) is 0 Å².